The van der Waals surface area contributed by atoms with Gasteiger partial charge in [0.05, 0.1) is 12.2 Å². The summed E-state index contributed by atoms with van der Waals surface area (Å²) in [7, 11) is 0. The Morgan fingerprint density at radius 3 is 2.60 bits per heavy atom. The molecule has 2 aromatic rings. The number of nitrogens with zero attached hydrogens (tertiary/aromatic N) is 1. The number of hydrogen-bond acceptors (Lipinski definition) is 3. The van der Waals surface area contributed by atoms with Crippen LogP contribution in [0.4, 0.5) is 0 Å². The Morgan fingerprint density at radius 1 is 1.16 bits per heavy atom. The Labute approximate surface area is 158 Å². The minimum atomic E-state index is 0.363. The van der Waals surface area contributed by atoms with E-state index in [0.717, 1.165) is 17.9 Å². The number of ether oxygens (including phenoxy) is 2. The van der Waals surface area contributed by atoms with Gasteiger partial charge in [-0.2, -0.15) is 5.26 Å². The second-order valence-corrected chi connectivity index (χ2v) is 6.48. The van der Waals surface area contributed by atoms with Crippen LogP contribution in [0.2, 0.25) is 5.02 Å². The van der Waals surface area contributed by atoms with Crippen molar-refractivity contribution in [3.8, 4) is 17.6 Å². The average molecular weight is 376 g/mol. The molecule has 0 saturated heterocycles. The van der Waals surface area contributed by atoms with Crippen LogP contribution in [0.15, 0.2) is 53.6 Å². The van der Waals surface area contributed by atoms with Gasteiger partial charge in [0.15, 0.2) is 0 Å². The molecule has 0 N–H and O–H groups in total. The first-order chi connectivity index (χ1) is 12.1. The predicted octanol–water partition coefficient (Wildman–Crippen LogP) is 5.74. The van der Waals surface area contributed by atoms with E-state index in [2.05, 4.69) is 6.07 Å². The van der Waals surface area contributed by atoms with E-state index in [9.17, 15) is 5.26 Å². The van der Waals surface area contributed by atoms with E-state index in [-0.39, 0.29) is 0 Å². The monoisotopic (exact) mass is 375 g/mol. The Bertz CT molecular complexity index is 760. The number of hydrogen-bond donors (Lipinski definition) is 0. The maximum Gasteiger partial charge on any atom is 0.137 e. The fraction of sp³-hybridized carbons (Fsp3) is 0.250. The van der Waals surface area contributed by atoms with Gasteiger partial charge in [-0.15, -0.1) is 0 Å². The number of rotatable bonds is 8. The first-order valence-corrected chi connectivity index (χ1v) is 8.70. The second kappa shape index (κ2) is 9.98. The largest absolute Gasteiger partial charge is 0.492 e. The van der Waals surface area contributed by atoms with E-state index < -0.39 is 0 Å². The number of benzene rings is 2. The van der Waals surface area contributed by atoms with Crippen LogP contribution in [0, 0.1) is 11.3 Å². The highest BCUT2D eigenvalue weighted by molar-refractivity contribution is 6.30. The molecule has 25 heavy (non-hydrogen) atoms. The van der Waals surface area contributed by atoms with Crippen LogP contribution in [0.25, 0.3) is 0 Å². The molecule has 0 aliphatic rings. The topological polar surface area (TPSA) is 42.2 Å². The number of nitriles is 1. The van der Waals surface area contributed by atoms with Gasteiger partial charge >= 0.3 is 0 Å². The third kappa shape index (κ3) is 6.70. The maximum absolute atomic E-state index is 9.29. The van der Waals surface area contributed by atoms with Crippen LogP contribution in [-0.2, 0) is 6.42 Å². The molecule has 0 aliphatic heterocycles. The van der Waals surface area contributed by atoms with Gasteiger partial charge < -0.3 is 9.47 Å². The molecule has 0 atom stereocenters. The lowest BCUT2D eigenvalue weighted by Gasteiger charge is -2.10. The van der Waals surface area contributed by atoms with Crippen molar-refractivity contribution in [1.29, 1.82) is 5.26 Å². The SMILES string of the molecule is C/C(Cl)=C/COc1ccc(OCCCc2ccc(Cl)cc2)c(C#N)c1. The molecule has 0 unspecified atom stereocenters. The fourth-order valence-corrected chi connectivity index (χ4v) is 2.36. The van der Waals surface area contributed by atoms with Gasteiger partial charge in [-0.1, -0.05) is 35.3 Å². The van der Waals surface area contributed by atoms with E-state index in [4.69, 9.17) is 32.7 Å². The number of aryl methyl sites for hydroxylation is 1. The van der Waals surface area contributed by atoms with Crippen LogP contribution in [0.5, 0.6) is 11.5 Å². The summed E-state index contributed by atoms with van der Waals surface area (Å²) >= 11 is 11.6. The Kier molecular flexibility index (Phi) is 7.66. The van der Waals surface area contributed by atoms with E-state index in [1.165, 1.54) is 5.56 Å². The van der Waals surface area contributed by atoms with Gasteiger partial charge in [-0.05, 0) is 55.7 Å². The minimum Gasteiger partial charge on any atom is -0.492 e. The molecule has 0 amide bonds. The molecule has 0 radical (unpaired) electrons. The first kappa shape index (κ1) is 19.2. The van der Waals surface area contributed by atoms with Crippen molar-refractivity contribution in [3.63, 3.8) is 0 Å². The van der Waals surface area contributed by atoms with Crippen LogP contribution < -0.4 is 9.47 Å². The summed E-state index contributed by atoms with van der Waals surface area (Å²) < 4.78 is 11.3. The molecule has 2 aromatic carbocycles. The zero-order valence-corrected chi connectivity index (χ0v) is 15.5. The molecule has 0 fully saturated rings. The first-order valence-electron chi connectivity index (χ1n) is 7.95. The molecule has 0 aromatic heterocycles. The van der Waals surface area contributed by atoms with Crippen molar-refractivity contribution in [1.82, 2.24) is 0 Å². The molecule has 2 rings (SSSR count). The zero-order valence-electron chi connectivity index (χ0n) is 14.0. The lowest BCUT2D eigenvalue weighted by Crippen LogP contribution is -2.01. The predicted molar refractivity (Wildman–Crippen MR) is 102 cm³/mol. The van der Waals surface area contributed by atoms with Gasteiger partial charge in [-0.3, -0.25) is 0 Å². The van der Waals surface area contributed by atoms with E-state index >= 15 is 0 Å². The quantitative estimate of drug-likeness (QED) is 0.552. The van der Waals surface area contributed by atoms with Gasteiger partial charge in [0.25, 0.3) is 0 Å². The standard InChI is InChI=1S/C20H19Cl2NO2/c1-15(21)10-12-24-19-8-9-20(17(13-19)14-23)25-11-2-3-16-4-6-18(22)7-5-16/h4-10,13H,2-3,11-12H2,1H3/b15-10-. The molecule has 0 bridgehead atoms. The zero-order chi connectivity index (χ0) is 18.1. The second-order valence-electron chi connectivity index (χ2n) is 5.45. The average Bonchev–Trinajstić information content (AvgIpc) is 2.60. The molecular formula is C20H19Cl2NO2. The van der Waals surface area contributed by atoms with Crippen molar-refractivity contribution in [3.05, 3.63) is 69.7 Å². The Balaban J connectivity index is 1.85. The van der Waals surface area contributed by atoms with Crippen molar-refractivity contribution in [2.75, 3.05) is 13.2 Å². The third-order valence-corrected chi connectivity index (χ3v) is 3.87. The molecule has 5 heteroatoms. The van der Waals surface area contributed by atoms with Gasteiger partial charge in [0.1, 0.15) is 24.2 Å². The van der Waals surface area contributed by atoms with E-state index in [1.54, 1.807) is 31.2 Å². The van der Waals surface area contributed by atoms with Crippen molar-refractivity contribution in [2.24, 2.45) is 0 Å². The lowest BCUT2D eigenvalue weighted by molar-refractivity contribution is 0.308. The van der Waals surface area contributed by atoms with Gasteiger partial charge in [-0.25, -0.2) is 0 Å². The maximum atomic E-state index is 9.29. The van der Waals surface area contributed by atoms with Crippen LogP contribution in [0.1, 0.15) is 24.5 Å². The lowest BCUT2D eigenvalue weighted by atomic mass is 10.1. The molecule has 130 valence electrons. The van der Waals surface area contributed by atoms with Crippen molar-refractivity contribution >= 4 is 23.2 Å². The summed E-state index contributed by atoms with van der Waals surface area (Å²) in [4.78, 5) is 0. The van der Waals surface area contributed by atoms with Crippen LogP contribution in [-0.4, -0.2) is 13.2 Å². The number of halogens is 2. The summed E-state index contributed by atoms with van der Waals surface area (Å²) in [5.74, 6) is 1.18. The highest BCUT2D eigenvalue weighted by Crippen LogP contribution is 2.24. The van der Waals surface area contributed by atoms with Gasteiger partial charge in [0, 0.05) is 16.1 Å². The normalized spacial score (nSPS) is 11.0. The molecule has 0 heterocycles. The van der Waals surface area contributed by atoms with Crippen molar-refractivity contribution < 1.29 is 9.47 Å². The highest BCUT2D eigenvalue weighted by atomic mass is 35.5. The molecule has 0 spiro atoms. The summed E-state index contributed by atoms with van der Waals surface area (Å²) in [6.07, 6.45) is 3.50. The Hall–Kier alpha value is -2.15. The van der Waals surface area contributed by atoms with Crippen molar-refractivity contribution in [2.45, 2.75) is 19.8 Å². The van der Waals surface area contributed by atoms with Crippen LogP contribution >= 0.6 is 23.2 Å². The summed E-state index contributed by atoms with van der Waals surface area (Å²) in [5.41, 5.74) is 1.66. The molecular weight excluding hydrogens is 357 g/mol. The minimum absolute atomic E-state index is 0.363. The summed E-state index contributed by atoms with van der Waals surface area (Å²) in [6, 6.07) is 15.1. The van der Waals surface area contributed by atoms with E-state index in [0.29, 0.717) is 35.3 Å². The fourth-order valence-electron chi connectivity index (χ4n) is 2.17. The van der Waals surface area contributed by atoms with E-state index in [1.807, 2.05) is 24.3 Å². The molecule has 3 nitrogen and oxygen atoms in total. The van der Waals surface area contributed by atoms with Crippen LogP contribution in [0.3, 0.4) is 0 Å². The van der Waals surface area contributed by atoms with Gasteiger partial charge in [0.2, 0.25) is 0 Å². The smallest absolute Gasteiger partial charge is 0.137 e. The highest BCUT2D eigenvalue weighted by Gasteiger charge is 2.06. The molecule has 0 saturated carbocycles. The summed E-state index contributed by atoms with van der Waals surface area (Å²) in [6.45, 7) is 2.68. The number of allylic oxidation sites excluding steroid dienone is 1. The third-order valence-electron chi connectivity index (χ3n) is 3.47. The molecule has 0 aliphatic carbocycles. The summed E-state index contributed by atoms with van der Waals surface area (Å²) in [5, 5.41) is 10.7. The Morgan fingerprint density at radius 2 is 1.92 bits per heavy atom.